The molecular weight excluding hydrogens is 482 g/mol. The molecule has 0 bridgehead atoms. The van der Waals surface area contributed by atoms with Gasteiger partial charge in [-0.05, 0) is 57.0 Å². The number of hydrogen-bond acceptors (Lipinski definition) is 6. The third kappa shape index (κ3) is 6.04. The summed E-state index contributed by atoms with van der Waals surface area (Å²) in [7, 11) is 1.71. The number of carbonyl (C=O) groups excluding carboxylic acids is 2. The smallest absolute Gasteiger partial charge is 0.410 e. The molecule has 0 unspecified atom stereocenters. The zero-order valence-corrected chi connectivity index (χ0v) is 22.7. The molecule has 200 valence electrons. The van der Waals surface area contributed by atoms with Gasteiger partial charge in [0, 0.05) is 62.7 Å². The van der Waals surface area contributed by atoms with Crippen molar-refractivity contribution in [2.45, 2.75) is 39.7 Å². The van der Waals surface area contributed by atoms with E-state index in [1.807, 2.05) is 58.0 Å². The second kappa shape index (κ2) is 10.7. The molecule has 1 fully saturated rings. The molecule has 0 radical (unpaired) electrons. The molecule has 2 heterocycles. The first-order chi connectivity index (χ1) is 17.9. The van der Waals surface area contributed by atoms with Gasteiger partial charge in [-0.3, -0.25) is 9.59 Å². The molecule has 2 N–H and O–H groups in total. The zero-order chi connectivity index (χ0) is 27.6. The molecule has 1 saturated heterocycles. The highest BCUT2D eigenvalue weighted by atomic mass is 16.6. The summed E-state index contributed by atoms with van der Waals surface area (Å²) in [5, 5.41) is 0. The molecule has 1 aliphatic rings. The van der Waals surface area contributed by atoms with E-state index in [1.54, 1.807) is 35.2 Å². The van der Waals surface area contributed by atoms with Gasteiger partial charge >= 0.3 is 6.09 Å². The Hall–Kier alpha value is -4.14. The van der Waals surface area contributed by atoms with Crippen LogP contribution in [0.1, 0.15) is 48.0 Å². The Morgan fingerprint density at radius 1 is 1.00 bits per heavy atom. The summed E-state index contributed by atoms with van der Waals surface area (Å²) >= 11 is 0. The van der Waals surface area contributed by atoms with Crippen molar-refractivity contribution in [1.82, 2.24) is 19.4 Å². The van der Waals surface area contributed by atoms with Gasteiger partial charge in [-0.25, -0.2) is 9.78 Å². The van der Waals surface area contributed by atoms with Crippen molar-refractivity contribution < 1.29 is 14.3 Å². The lowest BCUT2D eigenvalue weighted by molar-refractivity contribution is 0.0141. The van der Waals surface area contributed by atoms with E-state index in [1.165, 1.54) is 4.57 Å². The molecule has 0 saturated carbocycles. The average molecular weight is 518 g/mol. The van der Waals surface area contributed by atoms with Crippen LogP contribution in [0.5, 0.6) is 0 Å². The fraction of sp³-hybridized carbons (Fsp3) is 0.379. The maximum Gasteiger partial charge on any atom is 0.410 e. The van der Waals surface area contributed by atoms with Crippen LogP contribution in [0.2, 0.25) is 0 Å². The minimum Gasteiger partial charge on any atom is -0.444 e. The van der Waals surface area contributed by atoms with Crippen LogP contribution in [-0.4, -0.2) is 63.1 Å². The summed E-state index contributed by atoms with van der Waals surface area (Å²) in [6.07, 6.45) is 1.70. The van der Waals surface area contributed by atoms with Crippen molar-refractivity contribution >= 4 is 17.7 Å². The second-order valence-corrected chi connectivity index (χ2v) is 10.6. The van der Waals surface area contributed by atoms with E-state index in [9.17, 15) is 14.4 Å². The number of nitrogens with zero attached hydrogens (tertiary/aromatic N) is 4. The highest BCUT2D eigenvalue weighted by molar-refractivity contribution is 5.94. The van der Waals surface area contributed by atoms with E-state index in [4.69, 9.17) is 10.5 Å². The van der Waals surface area contributed by atoms with E-state index in [0.29, 0.717) is 55.2 Å². The number of rotatable bonds is 4. The van der Waals surface area contributed by atoms with Gasteiger partial charge in [0.25, 0.3) is 11.5 Å². The normalized spacial score (nSPS) is 13.9. The Morgan fingerprint density at radius 3 is 2.26 bits per heavy atom. The molecule has 3 aromatic rings. The largest absolute Gasteiger partial charge is 0.444 e. The monoisotopic (exact) mass is 517 g/mol. The zero-order valence-electron chi connectivity index (χ0n) is 22.7. The number of nitrogens with two attached hydrogens (primary N) is 1. The van der Waals surface area contributed by atoms with Gasteiger partial charge in [0.05, 0.1) is 5.69 Å². The fourth-order valence-corrected chi connectivity index (χ4v) is 4.40. The van der Waals surface area contributed by atoms with Crippen LogP contribution in [-0.2, 0) is 18.2 Å². The van der Waals surface area contributed by atoms with Crippen LogP contribution < -0.4 is 11.3 Å². The minimum atomic E-state index is -0.554. The number of aromatic nitrogens is 2. The SMILES string of the molecule is Cc1c(N)cccc1-c1cn(C)c(=O)c(Cc2ccc(C(=O)N3CCN(C(=O)OC(C)(C)C)CC3)cc2)n1. The molecule has 2 aromatic carbocycles. The Morgan fingerprint density at radius 2 is 1.63 bits per heavy atom. The summed E-state index contributed by atoms with van der Waals surface area (Å²) in [5.41, 5.74) is 10.4. The summed E-state index contributed by atoms with van der Waals surface area (Å²) in [6.45, 7) is 9.17. The van der Waals surface area contributed by atoms with E-state index in [-0.39, 0.29) is 17.6 Å². The van der Waals surface area contributed by atoms with Crippen molar-refractivity contribution in [1.29, 1.82) is 0 Å². The number of piperazine rings is 1. The molecule has 38 heavy (non-hydrogen) atoms. The van der Waals surface area contributed by atoms with E-state index in [0.717, 1.165) is 16.7 Å². The molecule has 0 atom stereocenters. The average Bonchev–Trinajstić information content (AvgIpc) is 2.87. The minimum absolute atomic E-state index is 0.0893. The highest BCUT2D eigenvalue weighted by Crippen LogP contribution is 2.25. The first kappa shape index (κ1) is 26.9. The number of amides is 2. The third-order valence-corrected chi connectivity index (χ3v) is 6.58. The van der Waals surface area contributed by atoms with Crippen LogP contribution in [0.15, 0.2) is 53.5 Å². The second-order valence-electron chi connectivity index (χ2n) is 10.6. The third-order valence-electron chi connectivity index (χ3n) is 6.58. The predicted molar refractivity (Wildman–Crippen MR) is 147 cm³/mol. The number of ether oxygens (including phenoxy) is 1. The van der Waals surface area contributed by atoms with Crippen LogP contribution in [0.4, 0.5) is 10.5 Å². The molecule has 1 aromatic heterocycles. The van der Waals surface area contributed by atoms with Crippen LogP contribution in [0, 0.1) is 6.92 Å². The Kier molecular flexibility index (Phi) is 7.57. The van der Waals surface area contributed by atoms with Gasteiger partial charge in [-0.15, -0.1) is 0 Å². The number of aryl methyl sites for hydroxylation is 1. The Labute approximate surface area is 222 Å². The topological polar surface area (TPSA) is 111 Å². The van der Waals surface area contributed by atoms with Crippen molar-refractivity contribution in [3.63, 3.8) is 0 Å². The van der Waals surface area contributed by atoms with Crippen LogP contribution in [0.3, 0.4) is 0 Å². The maximum absolute atomic E-state index is 13.0. The van der Waals surface area contributed by atoms with Crippen LogP contribution in [0.25, 0.3) is 11.3 Å². The quantitative estimate of drug-likeness (QED) is 0.529. The Balaban J connectivity index is 1.44. The molecule has 0 spiro atoms. The fourth-order valence-electron chi connectivity index (χ4n) is 4.40. The van der Waals surface area contributed by atoms with Gasteiger partial charge in [0.2, 0.25) is 0 Å². The summed E-state index contributed by atoms with van der Waals surface area (Å²) in [6, 6.07) is 12.9. The lowest BCUT2D eigenvalue weighted by Crippen LogP contribution is -2.51. The van der Waals surface area contributed by atoms with E-state index >= 15 is 0 Å². The molecule has 4 rings (SSSR count). The van der Waals surface area contributed by atoms with Crippen molar-refractivity contribution in [3.05, 3.63) is 81.4 Å². The van der Waals surface area contributed by atoms with Gasteiger partial charge in [0.1, 0.15) is 11.3 Å². The maximum atomic E-state index is 13.0. The lowest BCUT2D eigenvalue weighted by Gasteiger charge is -2.35. The van der Waals surface area contributed by atoms with Crippen molar-refractivity contribution in [2.24, 2.45) is 7.05 Å². The standard InChI is InChI=1S/C29H35N5O4/c1-19-22(7-6-8-23(19)30)25-18-32(5)27(36)24(31-25)17-20-9-11-21(12-10-20)26(35)33-13-15-34(16-14-33)28(37)38-29(2,3)4/h6-12,18H,13-17,30H2,1-5H3. The van der Waals surface area contributed by atoms with Gasteiger partial charge < -0.3 is 24.8 Å². The van der Waals surface area contributed by atoms with Gasteiger partial charge in [-0.2, -0.15) is 0 Å². The first-order valence-electron chi connectivity index (χ1n) is 12.7. The first-order valence-corrected chi connectivity index (χ1v) is 12.7. The lowest BCUT2D eigenvalue weighted by atomic mass is 10.0. The van der Waals surface area contributed by atoms with Crippen molar-refractivity contribution in [3.8, 4) is 11.3 Å². The molecule has 1 aliphatic heterocycles. The van der Waals surface area contributed by atoms with E-state index in [2.05, 4.69) is 4.98 Å². The number of nitrogen functional groups attached to an aromatic ring is 1. The predicted octanol–water partition coefficient (Wildman–Crippen LogP) is 3.62. The number of benzene rings is 2. The van der Waals surface area contributed by atoms with Crippen molar-refractivity contribution in [2.75, 3.05) is 31.9 Å². The number of hydrogen-bond donors (Lipinski definition) is 1. The molecule has 0 aliphatic carbocycles. The highest BCUT2D eigenvalue weighted by Gasteiger charge is 2.28. The van der Waals surface area contributed by atoms with E-state index < -0.39 is 5.60 Å². The molecule has 9 heteroatoms. The number of anilines is 1. The molecule has 9 nitrogen and oxygen atoms in total. The Bertz CT molecular complexity index is 1400. The van der Waals surface area contributed by atoms with Gasteiger partial charge in [-0.1, -0.05) is 24.3 Å². The molecule has 2 amide bonds. The molecular formula is C29H35N5O4. The number of carbonyl (C=O) groups is 2. The van der Waals surface area contributed by atoms with Crippen LogP contribution >= 0.6 is 0 Å². The summed E-state index contributed by atoms with van der Waals surface area (Å²) in [4.78, 5) is 46.2. The summed E-state index contributed by atoms with van der Waals surface area (Å²) < 4.78 is 6.96. The summed E-state index contributed by atoms with van der Waals surface area (Å²) in [5.74, 6) is -0.0893. The van der Waals surface area contributed by atoms with Gasteiger partial charge in [0.15, 0.2) is 0 Å².